The monoisotopic (exact) mass is 233 g/mol. The first kappa shape index (κ1) is 10.1. The maximum atomic E-state index is 10.8. The molecule has 6 heteroatoms. The molecular weight excluding hydrogens is 222 g/mol. The number of aliphatic carboxylic acids is 1. The molecule has 88 valence electrons. The molecule has 2 aromatic rings. The van der Waals surface area contributed by atoms with E-state index in [4.69, 9.17) is 9.84 Å². The predicted molar refractivity (Wildman–Crippen MR) is 58.9 cm³/mol. The van der Waals surface area contributed by atoms with E-state index in [-0.39, 0.29) is 11.8 Å². The number of hydrogen-bond donors (Lipinski definition) is 2. The number of fused-ring (bicyclic) bond motifs is 1. The molecule has 1 saturated carbocycles. The summed E-state index contributed by atoms with van der Waals surface area (Å²) in [5.74, 6) is 0.125. The Morgan fingerprint density at radius 3 is 3.00 bits per heavy atom. The van der Waals surface area contributed by atoms with Crippen LogP contribution in [0.5, 0.6) is 5.88 Å². The van der Waals surface area contributed by atoms with Gasteiger partial charge in [-0.05, 0) is 12.5 Å². The number of ether oxygens (including phenoxy) is 1. The summed E-state index contributed by atoms with van der Waals surface area (Å²) in [4.78, 5) is 22.4. The Morgan fingerprint density at radius 1 is 1.53 bits per heavy atom. The summed E-state index contributed by atoms with van der Waals surface area (Å²) in [6.07, 6.45) is 0.645. The van der Waals surface area contributed by atoms with Gasteiger partial charge in [0.2, 0.25) is 5.88 Å². The zero-order valence-electron chi connectivity index (χ0n) is 9.17. The number of carbonyl (C=O) groups is 1. The Bertz CT molecular complexity index is 593. The van der Waals surface area contributed by atoms with E-state index in [1.807, 2.05) is 6.07 Å². The number of methoxy groups -OCH3 is 1. The molecule has 2 heterocycles. The van der Waals surface area contributed by atoms with Gasteiger partial charge in [-0.15, -0.1) is 0 Å². The molecule has 0 saturated heterocycles. The fourth-order valence-electron chi connectivity index (χ4n) is 1.95. The number of hydrogen-bond acceptors (Lipinski definition) is 4. The SMILES string of the molecule is COc1ccc2[nH]c(C3CC3C(=O)O)nc2n1. The highest BCUT2D eigenvalue weighted by molar-refractivity contribution is 5.76. The lowest BCUT2D eigenvalue weighted by Gasteiger charge is -1.95. The number of imidazole rings is 1. The Hall–Kier alpha value is -2.11. The van der Waals surface area contributed by atoms with Crippen LogP contribution >= 0.6 is 0 Å². The van der Waals surface area contributed by atoms with E-state index >= 15 is 0 Å². The summed E-state index contributed by atoms with van der Waals surface area (Å²) < 4.78 is 5.01. The van der Waals surface area contributed by atoms with Gasteiger partial charge in [-0.25, -0.2) is 4.98 Å². The van der Waals surface area contributed by atoms with Crippen molar-refractivity contribution in [2.45, 2.75) is 12.3 Å². The number of nitrogens with one attached hydrogen (secondary N) is 1. The molecule has 0 amide bonds. The van der Waals surface area contributed by atoms with Gasteiger partial charge in [-0.2, -0.15) is 4.98 Å². The normalized spacial score (nSPS) is 22.6. The van der Waals surface area contributed by atoms with E-state index in [0.29, 0.717) is 23.8 Å². The maximum absolute atomic E-state index is 10.8. The third kappa shape index (κ3) is 1.61. The second-order valence-corrected chi connectivity index (χ2v) is 4.13. The molecule has 0 aliphatic heterocycles. The van der Waals surface area contributed by atoms with E-state index in [9.17, 15) is 4.79 Å². The molecule has 2 N–H and O–H groups in total. The molecule has 2 aromatic heterocycles. The van der Waals surface area contributed by atoms with Crippen molar-refractivity contribution < 1.29 is 14.6 Å². The molecule has 3 rings (SSSR count). The first-order valence-corrected chi connectivity index (χ1v) is 5.32. The van der Waals surface area contributed by atoms with Crippen molar-refractivity contribution in [3.05, 3.63) is 18.0 Å². The average molecular weight is 233 g/mol. The molecule has 0 aromatic carbocycles. The number of H-pyrrole nitrogens is 1. The van der Waals surface area contributed by atoms with Crippen molar-refractivity contribution >= 4 is 17.1 Å². The molecule has 2 atom stereocenters. The minimum Gasteiger partial charge on any atom is -0.481 e. The second-order valence-electron chi connectivity index (χ2n) is 4.13. The Balaban J connectivity index is 1.95. The van der Waals surface area contributed by atoms with E-state index in [1.165, 1.54) is 0 Å². The van der Waals surface area contributed by atoms with Crippen LogP contribution in [-0.4, -0.2) is 33.1 Å². The van der Waals surface area contributed by atoms with Crippen molar-refractivity contribution in [3.8, 4) is 5.88 Å². The zero-order chi connectivity index (χ0) is 12.0. The van der Waals surface area contributed by atoms with E-state index in [0.717, 1.165) is 5.52 Å². The third-order valence-electron chi connectivity index (χ3n) is 3.01. The highest BCUT2D eigenvalue weighted by Gasteiger charge is 2.46. The minimum atomic E-state index is -0.763. The average Bonchev–Trinajstić information content (AvgIpc) is 3.02. The number of pyridine rings is 1. The van der Waals surface area contributed by atoms with Crippen molar-refractivity contribution in [1.29, 1.82) is 0 Å². The number of aromatic amines is 1. The highest BCUT2D eigenvalue weighted by atomic mass is 16.5. The standard InChI is InChI=1S/C11H11N3O3/c1-17-8-3-2-7-10(13-8)14-9(12-7)5-4-6(5)11(15)16/h2-3,5-6H,4H2,1H3,(H,15,16)(H,12,13,14). The minimum absolute atomic E-state index is 0.00676. The van der Waals surface area contributed by atoms with Gasteiger partial charge in [0.25, 0.3) is 0 Å². The number of aromatic nitrogens is 3. The molecule has 6 nitrogen and oxygen atoms in total. The van der Waals surface area contributed by atoms with Gasteiger partial charge < -0.3 is 14.8 Å². The van der Waals surface area contributed by atoms with Crippen LogP contribution in [0, 0.1) is 5.92 Å². The predicted octanol–water partition coefficient (Wildman–Crippen LogP) is 1.15. The molecule has 1 aliphatic rings. The van der Waals surface area contributed by atoms with E-state index in [2.05, 4.69) is 15.0 Å². The zero-order valence-corrected chi connectivity index (χ0v) is 9.17. The van der Waals surface area contributed by atoms with Crippen LogP contribution in [0.3, 0.4) is 0 Å². The molecule has 2 unspecified atom stereocenters. The fraction of sp³-hybridized carbons (Fsp3) is 0.364. The third-order valence-corrected chi connectivity index (χ3v) is 3.01. The maximum Gasteiger partial charge on any atom is 0.307 e. The quantitative estimate of drug-likeness (QED) is 0.830. The first-order valence-electron chi connectivity index (χ1n) is 5.32. The van der Waals surface area contributed by atoms with Gasteiger partial charge in [-0.1, -0.05) is 0 Å². The molecule has 1 fully saturated rings. The van der Waals surface area contributed by atoms with Crippen LogP contribution in [-0.2, 0) is 4.79 Å². The lowest BCUT2D eigenvalue weighted by molar-refractivity contribution is -0.138. The van der Waals surface area contributed by atoms with Gasteiger partial charge in [0.1, 0.15) is 5.82 Å². The van der Waals surface area contributed by atoms with Crippen LogP contribution in [0.15, 0.2) is 12.1 Å². The Labute approximate surface area is 96.6 Å². The lowest BCUT2D eigenvalue weighted by Crippen LogP contribution is -1.99. The molecule has 17 heavy (non-hydrogen) atoms. The lowest BCUT2D eigenvalue weighted by atomic mass is 10.3. The molecule has 0 radical (unpaired) electrons. The van der Waals surface area contributed by atoms with Crippen LogP contribution < -0.4 is 4.74 Å². The molecule has 0 spiro atoms. The van der Waals surface area contributed by atoms with Gasteiger partial charge in [-0.3, -0.25) is 4.79 Å². The smallest absolute Gasteiger partial charge is 0.307 e. The van der Waals surface area contributed by atoms with E-state index in [1.54, 1.807) is 13.2 Å². The van der Waals surface area contributed by atoms with Gasteiger partial charge in [0.05, 0.1) is 18.5 Å². The van der Waals surface area contributed by atoms with Gasteiger partial charge in [0, 0.05) is 12.0 Å². The summed E-state index contributed by atoms with van der Waals surface area (Å²) in [6.45, 7) is 0. The summed E-state index contributed by atoms with van der Waals surface area (Å²) in [6, 6.07) is 3.57. The second kappa shape index (κ2) is 3.44. The first-order chi connectivity index (χ1) is 8.19. The van der Waals surface area contributed by atoms with Gasteiger partial charge >= 0.3 is 5.97 Å². The largest absolute Gasteiger partial charge is 0.481 e. The highest BCUT2D eigenvalue weighted by Crippen LogP contribution is 2.46. The summed E-state index contributed by atoms with van der Waals surface area (Å²) in [5, 5.41) is 8.86. The Kier molecular flexibility index (Phi) is 2.04. The van der Waals surface area contributed by atoms with Crippen molar-refractivity contribution in [2.24, 2.45) is 5.92 Å². The van der Waals surface area contributed by atoms with Crippen LogP contribution in [0.25, 0.3) is 11.2 Å². The van der Waals surface area contributed by atoms with Crippen molar-refractivity contribution in [3.63, 3.8) is 0 Å². The summed E-state index contributed by atoms with van der Waals surface area (Å²) in [7, 11) is 1.54. The van der Waals surface area contributed by atoms with Crippen molar-refractivity contribution in [2.75, 3.05) is 7.11 Å². The summed E-state index contributed by atoms with van der Waals surface area (Å²) >= 11 is 0. The Morgan fingerprint density at radius 2 is 2.35 bits per heavy atom. The van der Waals surface area contributed by atoms with Crippen LogP contribution in [0.2, 0.25) is 0 Å². The number of carboxylic acids is 1. The topological polar surface area (TPSA) is 88.1 Å². The van der Waals surface area contributed by atoms with E-state index < -0.39 is 5.97 Å². The number of carboxylic acid groups (broad SMARTS) is 1. The molecule has 1 aliphatic carbocycles. The van der Waals surface area contributed by atoms with Gasteiger partial charge in [0.15, 0.2) is 5.65 Å². The number of rotatable bonds is 3. The fourth-order valence-corrected chi connectivity index (χ4v) is 1.95. The summed E-state index contributed by atoms with van der Waals surface area (Å²) in [5.41, 5.74) is 1.37. The van der Waals surface area contributed by atoms with Crippen LogP contribution in [0.1, 0.15) is 18.2 Å². The molecular formula is C11H11N3O3. The van der Waals surface area contributed by atoms with Crippen LogP contribution in [0.4, 0.5) is 0 Å². The molecule has 0 bridgehead atoms. The number of nitrogens with zero attached hydrogens (tertiary/aromatic N) is 2. The van der Waals surface area contributed by atoms with Crippen molar-refractivity contribution in [1.82, 2.24) is 15.0 Å².